The molecule has 1 fully saturated rings. The van der Waals surface area contributed by atoms with E-state index in [2.05, 4.69) is 17.6 Å². The Hall–Kier alpha value is -2.82. The van der Waals surface area contributed by atoms with Crippen molar-refractivity contribution in [3.05, 3.63) is 65.7 Å². The van der Waals surface area contributed by atoms with E-state index in [0.29, 0.717) is 5.56 Å². The van der Waals surface area contributed by atoms with Gasteiger partial charge in [0, 0.05) is 24.3 Å². The second-order valence-corrected chi connectivity index (χ2v) is 7.22. The summed E-state index contributed by atoms with van der Waals surface area (Å²) in [6.07, 6.45) is 4.21. The van der Waals surface area contributed by atoms with Gasteiger partial charge < -0.3 is 15.5 Å². The maximum atomic E-state index is 12.5. The van der Waals surface area contributed by atoms with E-state index in [1.54, 1.807) is 0 Å². The zero-order valence-electron chi connectivity index (χ0n) is 16.5. The average Bonchev–Trinajstić information content (AvgIpc) is 2.77. The molecule has 5 nitrogen and oxygen atoms in total. The van der Waals surface area contributed by atoms with Gasteiger partial charge in [-0.25, -0.2) is 0 Å². The first kappa shape index (κ1) is 19.9. The van der Waals surface area contributed by atoms with Gasteiger partial charge in [0.25, 0.3) is 5.91 Å². The van der Waals surface area contributed by atoms with Crippen LogP contribution in [-0.4, -0.2) is 36.3 Å². The molecular formula is C23H29N3O2. The van der Waals surface area contributed by atoms with Crippen molar-refractivity contribution in [2.75, 3.05) is 25.0 Å². The van der Waals surface area contributed by atoms with E-state index in [4.69, 9.17) is 0 Å². The van der Waals surface area contributed by atoms with E-state index in [-0.39, 0.29) is 24.4 Å². The van der Waals surface area contributed by atoms with E-state index in [0.717, 1.165) is 43.6 Å². The Labute approximate surface area is 167 Å². The van der Waals surface area contributed by atoms with Crippen molar-refractivity contribution < 1.29 is 9.59 Å². The molecule has 3 rings (SSSR count). The first-order valence-electron chi connectivity index (χ1n) is 10.1. The Morgan fingerprint density at radius 3 is 2.29 bits per heavy atom. The van der Waals surface area contributed by atoms with Crippen molar-refractivity contribution in [1.82, 2.24) is 10.2 Å². The van der Waals surface area contributed by atoms with Gasteiger partial charge in [-0.15, -0.1) is 0 Å². The zero-order chi connectivity index (χ0) is 19.8. The van der Waals surface area contributed by atoms with Gasteiger partial charge in [-0.2, -0.15) is 0 Å². The predicted molar refractivity (Wildman–Crippen MR) is 112 cm³/mol. The van der Waals surface area contributed by atoms with Crippen LogP contribution in [0.25, 0.3) is 0 Å². The third-order valence-electron chi connectivity index (χ3n) is 5.17. The largest absolute Gasteiger partial charge is 0.376 e. The minimum absolute atomic E-state index is 0.0139. The summed E-state index contributed by atoms with van der Waals surface area (Å²) in [4.78, 5) is 26.7. The van der Waals surface area contributed by atoms with Crippen molar-refractivity contribution in [3.63, 3.8) is 0 Å². The molecule has 0 spiro atoms. The van der Waals surface area contributed by atoms with Crippen LogP contribution in [0.15, 0.2) is 54.6 Å². The molecule has 1 saturated heterocycles. The monoisotopic (exact) mass is 379 g/mol. The van der Waals surface area contributed by atoms with Crippen LogP contribution in [0.1, 0.15) is 54.6 Å². The Balaban J connectivity index is 1.50. The molecule has 28 heavy (non-hydrogen) atoms. The van der Waals surface area contributed by atoms with Crippen molar-refractivity contribution in [1.29, 1.82) is 0 Å². The van der Waals surface area contributed by atoms with Crippen molar-refractivity contribution in [2.24, 2.45) is 0 Å². The molecule has 5 heteroatoms. The third-order valence-corrected chi connectivity index (χ3v) is 5.17. The molecule has 0 aliphatic carbocycles. The molecule has 0 bridgehead atoms. The molecule has 1 aliphatic heterocycles. The maximum absolute atomic E-state index is 12.5. The molecule has 0 radical (unpaired) electrons. The Bertz CT molecular complexity index is 768. The SMILES string of the molecule is CCC(NC(=O)CNc1ccc(C(=O)N2CCCCC2)cc1)c1ccccc1. The maximum Gasteiger partial charge on any atom is 0.253 e. The van der Waals surface area contributed by atoms with Gasteiger partial charge in [0.2, 0.25) is 5.91 Å². The van der Waals surface area contributed by atoms with Gasteiger partial charge in [0.1, 0.15) is 0 Å². The number of hydrogen-bond donors (Lipinski definition) is 2. The number of amides is 2. The number of anilines is 1. The number of carbonyl (C=O) groups excluding carboxylic acids is 2. The zero-order valence-corrected chi connectivity index (χ0v) is 16.5. The van der Waals surface area contributed by atoms with Crippen LogP contribution < -0.4 is 10.6 Å². The Morgan fingerprint density at radius 1 is 0.964 bits per heavy atom. The normalized spacial score (nSPS) is 15.0. The number of likely N-dealkylation sites (tertiary alicyclic amines) is 1. The quantitative estimate of drug-likeness (QED) is 0.765. The Morgan fingerprint density at radius 2 is 1.64 bits per heavy atom. The summed E-state index contributed by atoms with van der Waals surface area (Å²) >= 11 is 0. The van der Waals surface area contributed by atoms with Crippen LogP contribution in [0.5, 0.6) is 0 Å². The third kappa shape index (κ3) is 5.35. The second kappa shape index (κ2) is 9.93. The van der Waals surface area contributed by atoms with Gasteiger partial charge in [-0.05, 0) is 55.5 Å². The molecule has 2 aromatic carbocycles. The average molecular weight is 380 g/mol. The van der Waals surface area contributed by atoms with Crippen LogP contribution in [-0.2, 0) is 4.79 Å². The van der Waals surface area contributed by atoms with Crippen LogP contribution in [0.4, 0.5) is 5.69 Å². The first-order valence-corrected chi connectivity index (χ1v) is 10.1. The molecule has 2 aromatic rings. The molecule has 2 N–H and O–H groups in total. The summed E-state index contributed by atoms with van der Waals surface area (Å²) in [5.74, 6) is 0.0433. The number of rotatable bonds is 7. The summed E-state index contributed by atoms with van der Waals surface area (Å²) in [6.45, 7) is 3.95. The number of hydrogen-bond acceptors (Lipinski definition) is 3. The van der Waals surface area contributed by atoms with E-state index in [9.17, 15) is 9.59 Å². The summed E-state index contributed by atoms with van der Waals surface area (Å²) in [7, 11) is 0. The van der Waals surface area contributed by atoms with Gasteiger partial charge >= 0.3 is 0 Å². The number of nitrogens with one attached hydrogen (secondary N) is 2. The van der Waals surface area contributed by atoms with Crippen LogP contribution in [0.3, 0.4) is 0 Å². The highest BCUT2D eigenvalue weighted by atomic mass is 16.2. The van der Waals surface area contributed by atoms with Crippen LogP contribution in [0, 0.1) is 0 Å². The molecule has 1 atom stereocenters. The predicted octanol–water partition coefficient (Wildman–Crippen LogP) is 3.99. The minimum atomic E-state index is -0.0517. The highest BCUT2D eigenvalue weighted by Crippen LogP contribution is 2.17. The highest BCUT2D eigenvalue weighted by Gasteiger charge is 2.18. The lowest BCUT2D eigenvalue weighted by Crippen LogP contribution is -2.35. The molecule has 148 valence electrons. The molecule has 0 saturated carbocycles. The lowest BCUT2D eigenvalue weighted by molar-refractivity contribution is -0.120. The summed E-state index contributed by atoms with van der Waals surface area (Å²) in [6, 6.07) is 17.4. The Kier molecular flexibility index (Phi) is 7.06. The standard InChI is InChI=1S/C23H29N3O2/c1-2-21(18-9-5-3-6-10-18)25-22(27)17-24-20-13-11-19(12-14-20)23(28)26-15-7-4-8-16-26/h3,5-6,9-14,21,24H,2,4,7-8,15-17H2,1H3,(H,25,27). The summed E-state index contributed by atoms with van der Waals surface area (Å²) in [5.41, 5.74) is 2.64. The van der Waals surface area contributed by atoms with Crippen LogP contribution >= 0.6 is 0 Å². The van der Waals surface area contributed by atoms with E-state index < -0.39 is 0 Å². The van der Waals surface area contributed by atoms with E-state index >= 15 is 0 Å². The molecular weight excluding hydrogens is 350 g/mol. The van der Waals surface area contributed by atoms with E-state index in [1.165, 1.54) is 6.42 Å². The van der Waals surface area contributed by atoms with Gasteiger partial charge in [-0.3, -0.25) is 9.59 Å². The number of piperidine rings is 1. The first-order chi connectivity index (χ1) is 13.7. The van der Waals surface area contributed by atoms with Crippen molar-refractivity contribution in [2.45, 2.75) is 38.6 Å². The summed E-state index contributed by atoms with van der Waals surface area (Å²) < 4.78 is 0. The van der Waals surface area contributed by atoms with Gasteiger partial charge in [0.15, 0.2) is 0 Å². The van der Waals surface area contributed by atoms with Crippen molar-refractivity contribution >= 4 is 17.5 Å². The van der Waals surface area contributed by atoms with Crippen LogP contribution in [0.2, 0.25) is 0 Å². The molecule has 1 aliphatic rings. The van der Waals surface area contributed by atoms with Gasteiger partial charge in [-0.1, -0.05) is 37.3 Å². The fourth-order valence-electron chi connectivity index (χ4n) is 3.54. The molecule has 0 aromatic heterocycles. The molecule has 1 heterocycles. The van der Waals surface area contributed by atoms with Crippen molar-refractivity contribution in [3.8, 4) is 0 Å². The molecule has 2 amide bonds. The fourth-order valence-corrected chi connectivity index (χ4v) is 3.54. The minimum Gasteiger partial charge on any atom is -0.376 e. The smallest absolute Gasteiger partial charge is 0.253 e. The fraction of sp³-hybridized carbons (Fsp3) is 0.391. The lowest BCUT2D eigenvalue weighted by atomic mass is 10.0. The number of benzene rings is 2. The highest BCUT2D eigenvalue weighted by molar-refractivity contribution is 5.94. The number of carbonyl (C=O) groups is 2. The number of nitrogens with zero attached hydrogens (tertiary/aromatic N) is 1. The second-order valence-electron chi connectivity index (χ2n) is 7.22. The molecule has 1 unspecified atom stereocenters. The lowest BCUT2D eigenvalue weighted by Gasteiger charge is -2.26. The van der Waals surface area contributed by atoms with Gasteiger partial charge in [0.05, 0.1) is 12.6 Å². The topological polar surface area (TPSA) is 61.4 Å². The summed E-state index contributed by atoms with van der Waals surface area (Å²) in [5, 5.41) is 6.20. The van der Waals surface area contributed by atoms with E-state index in [1.807, 2.05) is 59.5 Å².